The van der Waals surface area contributed by atoms with Gasteiger partial charge in [-0.2, -0.15) is 0 Å². The predicted molar refractivity (Wildman–Crippen MR) is 128 cm³/mol. The van der Waals surface area contributed by atoms with Crippen molar-refractivity contribution in [1.29, 1.82) is 0 Å². The molecule has 0 saturated heterocycles. The van der Waals surface area contributed by atoms with E-state index in [4.69, 9.17) is 14.2 Å². The number of halogens is 1. The van der Waals surface area contributed by atoms with Crippen LogP contribution in [0.25, 0.3) is 0 Å². The Morgan fingerprint density at radius 1 is 1.03 bits per heavy atom. The molecule has 2 atom stereocenters. The number of methoxy groups -OCH3 is 3. The molecule has 0 aromatic heterocycles. The van der Waals surface area contributed by atoms with E-state index in [9.17, 15) is 9.59 Å². The topological polar surface area (TPSA) is 73.9 Å². The molecule has 2 aromatic carbocycles. The monoisotopic (exact) mass is 511 g/mol. The van der Waals surface area contributed by atoms with Gasteiger partial charge in [0.05, 0.1) is 31.4 Å². The number of dihydropyridines is 1. The minimum atomic E-state index is -0.526. The normalized spacial score (nSPS) is 20.2. The van der Waals surface area contributed by atoms with E-state index in [1.165, 1.54) is 7.11 Å². The molecule has 1 N–H and O–H groups in total. The molecule has 0 amide bonds. The molecule has 0 saturated carbocycles. The van der Waals surface area contributed by atoms with E-state index in [1.807, 2.05) is 49.4 Å². The van der Waals surface area contributed by atoms with Crippen LogP contribution < -0.4 is 14.8 Å². The highest BCUT2D eigenvalue weighted by Gasteiger charge is 2.41. The Morgan fingerprint density at radius 3 is 2.42 bits per heavy atom. The van der Waals surface area contributed by atoms with Gasteiger partial charge in [0.1, 0.15) is 11.5 Å². The Morgan fingerprint density at radius 2 is 1.76 bits per heavy atom. The number of para-hydroxylation sites is 1. The molecule has 1 aliphatic heterocycles. The molecule has 7 heteroatoms. The maximum absolute atomic E-state index is 13.6. The molecule has 2 aliphatic rings. The number of hydrogen-bond donors (Lipinski definition) is 1. The fourth-order valence-corrected chi connectivity index (χ4v) is 5.40. The molecule has 6 nitrogen and oxygen atoms in total. The van der Waals surface area contributed by atoms with Crippen molar-refractivity contribution in [2.75, 3.05) is 21.3 Å². The number of ether oxygens (including phenoxy) is 3. The summed E-state index contributed by atoms with van der Waals surface area (Å²) in [5.74, 6) is 0.452. The third-order valence-corrected chi connectivity index (χ3v) is 6.94. The number of hydrogen-bond acceptors (Lipinski definition) is 6. The first kappa shape index (κ1) is 23.1. The highest BCUT2D eigenvalue weighted by atomic mass is 79.9. The second-order valence-electron chi connectivity index (χ2n) is 8.14. The highest BCUT2D eigenvalue weighted by Crippen LogP contribution is 2.47. The van der Waals surface area contributed by atoms with Crippen LogP contribution in [-0.4, -0.2) is 33.1 Å². The quantitative estimate of drug-likeness (QED) is 0.569. The molecule has 0 bridgehead atoms. The molecule has 4 rings (SSSR count). The largest absolute Gasteiger partial charge is 0.496 e. The summed E-state index contributed by atoms with van der Waals surface area (Å²) in [4.78, 5) is 26.4. The fraction of sp³-hybridized carbons (Fsp3) is 0.308. The molecule has 172 valence electrons. The van der Waals surface area contributed by atoms with Gasteiger partial charge in [-0.1, -0.05) is 24.3 Å². The lowest BCUT2D eigenvalue weighted by atomic mass is 9.71. The molecule has 0 spiro atoms. The first-order valence-corrected chi connectivity index (χ1v) is 11.5. The third kappa shape index (κ3) is 4.17. The van der Waals surface area contributed by atoms with Gasteiger partial charge < -0.3 is 19.5 Å². The molecule has 2 aromatic rings. The zero-order valence-corrected chi connectivity index (χ0v) is 20.6. The van der Waals surface area contributed by atoms with Gasteiger partial charge >= 0.3 is 5.97 Å². The summed E-state index contributed by atoms with van der Waals surface area (Å²) in [5.41, 5.74) is 4.41. The first-order valence-electron chi connectivity index (χ1n) is 10.7. The molecule has 0 fully saturated rings. The van der Waals surface area contributed by atoms with Crippen molar-refractivity contribution in [3.63, 3.8) is 0 Å². The number of carbonyl (C=O) groups is 2. The lowest BCUT2D eigenvalue weighted by Crippen LogP contribution is -2.36. The van der Waals surface area contributed by atoms with Crippen molar-refractivity contribution in [3.8, 4) is 11.5 Å². The van der Waals surface area contributed by atoms with Crippen molar-refractivity contribution in [1.82, 2.24) is 5.32 Å². The predicted octanol–water partition coefficient (Wildman–Crippen LogP) is 5.00. The van der Waals surface area contributed by atoms with Gasteiger partial charge in [0.25, 0.3) is 0 Å². The van der Waals surface area contributed by atoms with Crippen molar-refractivity contribution >= 4 is 27.7 Å². The third-order valence-electron chi connectivity index (χ3n) is 6.32. The van der Waals surface area contributed by atoms with Crippen LogP contribution in [0, 0.1) is 0 Å². The van der Waals surface area contributed by atoms with Gasteiger partial charge in [-0.25, -0.2) is 4.79 Å². The van der Waals surface area contributed by atoms with E-state index in [0.717, 1.165) is 27.0 Å². The van der Waals surface area contributed by atoms with E-state index in [2.05, 4.69) is 21.2 Å². The van der Waals surface area contributed by atoms with Crippen LogP contribution in [0.2, 0.25) is 0 Å². The zero-order chi connectivity index (χ0) is 23.7. The Labute approximate surface area is 201 Å². The van der Waals surface area contributed by atoms with Crippen LogP contribution in [0.4, 0.5) is 0 Å². The van der Waals surface area contributed by atoms with Crippen LogP contribution in [0.5, 0.6) is 11.5 Å². The van der Waals surface area contributed by atoms with Crippen molar-refractivity contribution in [2.24, 2.45) is 0 Å². The number of esters is 1. The Bertz CT molecular complexity index is 1180. The number of allylic oxidation sites excluding steroid dienone is 3. The van der Waals surface area contributed by atoms with Crippen LogP contribution in [-0.2, 0) is 14.3 Å². The van der Waals surface area contributed by atoms with Crippen LogP contribution in [0.1, 0.15) is 42.7 Å². The van der Waals surface area contributed by atoms with Gasteiger partial charge in [0.2, 0.25) is 0 Å². The van der Waals surface area contributed by atoms with Crippen molar-refractivity contribution in [2.45, 2.75) is 31.6 Å². The van der Waals surface area contributed by atoms with Crippen LogP contribution >= 0.6 is 15.9 Å². The average molecular weight is 512 g/mol. The Hall–Kier alpha value is -3.06. The summed E-state index contributed by atoms with van der Waals surface area (Å²) in [5, 5.41) is 3.35. The standard InChI is InChI=1S/C26H26BrNO5/c1-14-23(26(30)33-4)24(15-9-10-22(32-3)18(27)11-15)25-19(28-14)12-16(13-20(25)29)17-7-5-6-8-21(17)31-2/h5-11,16,24,28H,12-13H2,1-4H3. The number of rotatable bonds is 5. The molecular formula is C26H26BrNO5. The molecule has 1 aliphatic carbocycles. The summed E-state index contributed by atoms with van der Waals surface area (Å²) in [6.07, 6.45) is 0.975. The minimum Gasteiger partial charge on any atom is -0.496 e. The lowest BCUT2D eigenvalue weighted by molar-refractivity contribution is -0.136. The highest BCUT2D eigenvalue weighted by molar-refractivity contribution is 9.10. The van der Waals surface area contributed by atoms with Gasteiger partial charge in [-0.05, 0) is 58.6 Å². The molecule has 2 unspecified atom stereocenters. The maximum atomic E-state index is 13.6. The van der Waals surface area contributed by atoms with E-state index in [-0.39, 0.29) is 11.7 Å². The molecular weight excluding hydrogens is 486 g/mol. The van der Waals surface area contributed by atoms with Crippen LogP contribution in [0.3, 0.4) is 0 Å². The smallest absolute Gasteiger partial charge is 0.336 e. The van der Waals surface area contributed by atoms with E-state index in [1.54, 1.807) is 14.2 Å². The second kappa shape index (κ2) is 9.43. The number of ketones is 1. The molecule has 33 heavy (non-hydrogen) atoms. The number of carbonyl (C=O) groups excluding carboxylic acids is 2. The Balaban J connectivity index is 1.83. The maximum Gasteiger partial charge on any atom is 0.336 e. The van der Waals surface area contributed by atoms with Crippen molar-refractivity contribution in [3.05, 3.63) is 80.6 Å². The molecule has 0 radical (unpaired) electrons. The SMILES string of the molecule is COC(=O)C1=C(C)NC2=C(C(=O)CC(c3ccccc3OC)C2)C1c1ccc(OC)c(Br)c1. The summed E-state index contributed by atoms with van der Waals surface area (Å²) in [7, 11) is 4.59. The second-order valence-corrected chi connectivity index (χ2v) is 9.00. The van der Waals surface area contributed by atoms with Crippen molar-refractivity contribution < 1.29 is 23.8 Å². The minimum absolute atomic E-state index is 0.00509. The van der Waals surface area contributed by atoms with Gasteiger partial charge in [0.15, 0.2) is 5.78 Å². The van der Waals surface area contributed by atoms with E-state index >= 15 is 0 Å². The number of Topliss-reactive ketones (excluding diaryl/α,β-unsaturated/α-hetero) is 1. The summed E-state index contributed by atoms with van der Waals surface area (Å²) < 4.78 is 16.8. The first-order chi connectivity index (χ1) is 15.9. The molecule has 1 heterocycles. The number of benzene rings is 2. The van der Waals surface area contributed by atoms with Gasteiger partial charge in [0, 0.05) is 35.2 Å². The average Bonchev–Trinajstić information content (AvgIpc) is 2.82. The van der Waals surface area contributed by atoms with Gasteiger partial charge in [-0.15, -0.1) is 0 Å². The lowest BCUT2D eigenvalue weighted by Gasteiger charge is -2.37. The van der Waals surface area contributed by atoms with E-state index in [0.29, 0.717) is 35.4 Å². The van der Waals surface area contributed by atoms with Crippen LogP contribution in [0.15, 0.2) is 69.5 Å². The van der Waals surface area contributed by atoms with E-state index < -0.39 is 11.9 Å². The number of nitrogens with one attached hydrogen (secondary N) is 1. The summed E-state index contributed by atoms with van der Waals surface area (Å²) in [6, 6.07) is 13.4. The Kier molecular flexibility index (Phi) is 6.61. The summed E-state index contributed by atoms with van der Waals surface area (Å²) >= 11 is 3.53. The fourth-order valence-electron chi connectivity index (χ4n) is 4.84. The zero-order valence-electron chi connectivity index (χ0n) is 19.0. The van der Waals surface area contributed by atoms with Gasteiger partial charge in [-0.3, -0.25) is 4.79 Å². The summed E-state index contributed by atoms with van der Waals surface area (Å²) in [6.45, 7) is 1.85.